The van der Waals surface area contributed by atoms with Crippen molar-refractivity contribution in [3.8, 4) is 0 Å². The summed E-state index contributed by atoms with van der Waals surface area (Å²) in [7, 11) is -3.00. The second-order valence-corrected chi connectivity index (χ2v) is 11.6. The van der Waals surface area contributed by atoms with Gasteiger partial charge >= 0.3 is 12.1 Å². The highest BCUT2D eigenvalue weighted by Gasteiger charge is 2.37. The number of nitrogens with one attached hydrogen (secondary N) is 1. The smallest absolute Gasteiger partial charge is 0.416 e. The monoisotopic (exact) mass is 586 g/mol. The van der Waals surface area contributed by atoms with Gasteiger partial charge in [-0.05, 0) is 53.6 Å². The number of carbonyl (C=O) groups is 1. The zero-order valence-corrected chi connectivity index (χ0v) is 22.3. The van der Waals surface area contributed by atoms with Gasteiger partial charge in [-0.3, -0.25) is 9.62 Å². The summed E-state index contributed by atoms with van der Waals surface area (Å²) in [5.74, 6) is -1.58. The van der Waals surface area contributed by atoms with Gasteiger partial charge in [0.1, 0.15) is 0 Å². The Kier molecular flexibility index (Phi) is 8.27. The molecule has 0 saturated carbocycles. The Bertz CT molecular complexity index is 1360. The fourth-order valence-corrected chi connectivity index (χ4v) is 6.09. The third kappa shape index (κ3) is 6.79. The van der Waals surface area contributed by atoms with E-state index >= 15 is 0 Å². The third-order valence-corrected chi connectivity index (χ3v) is 8.09. The van der Waals surface area contributed by atoms with Crippen molar-refractivity contribution in [2.45, 2.75) is 12.2 Å². The molecule has 0 amide bonds. The molecule has 12 heteroatoms. The van der Waals surface area contributed by atoms with Crippen molar-refractivity contribution >= 4 is 44.9 Å². The van der Waals surface area contributed by atoms with E-state index in [9.17, 15) is 26.4 Å². The molecule has 1 aliphatic heterocycles. The van der Waals surface area contributed by atoms with Gasteiger partial charge < -0.3 is 4.74 Å². The Morgan fingerprint density at radius 3 is 2.00 bits per heavy atom. The molecule has 0 unspecified atom stereocenters. The second kappa shape index (κ2) is 11.1. The number of halogens is 5. The Morgan fingerprint density at radius 1 is 1.00 bits per heavy atom. The van der Waals surface area contributed by atoms with E-state index in [1.54, 1.807) is 24.3 Å². The zero-order chi connectivity index (χ0) is 27.7. The van der Waals surface area contributed by atoms with Crippen LogP contribution in [0, 0.1) is 5.92 Å². The van der Waals surface area contributed by atoms with Gasteiger partial charge in [0.25, 0.3) is 0 Å². The predicted molar refractivity (Wildman–Crippen MR) is 140 cm³/mol. The van der Waals surface area contributed by atoms with Gasteiger partial charge in [-0.1, -0.05) is 47.5 Å². The molecule has 1 heterocycles. The van der Waals surface area contributed by atoms with Gasteiger partial charge in [0, 0.05) is 34.7 Å². The van der Waals surface area contributed by atoms with Crippen molar-refractivity contribution in [2.75, 3.05) is 30.7 Å². The molecule has 0 spiro atoms. The molecule has 1 saturated heterocycles. The summed E-state index contributed by atoms with van der Waals surface area (Å²) in [4.78, 5) is 13.9. The number of methoxy groups -OCH3 is 1. The average molecular weight is 587 g/mol. The van der Waals surface area contributed by atoms with Crippen LogP contribution < -0.4 is 4.72 Å². The predicted octanol–water partition coefficient (Wildman–Crippen LogP) is 6.26. The minimum Gasteiger partial charge on any atom is -0.465 e. The van der Waals surface area contributed by atoms with E-state index in [4.69, 9.17) is 23.2 Å². The number of rotatable bonds is 8. The molecule has 6 nitrogen and oxygen atoms in total. The molecule has 4 rings (SSSR count). The number of likely N-dealkylation sites (tertiary alicyclic amines) is 1. The number of benzene rings is 3. The maximum atomic E-state index is 13.3. The summed E-state index contributed by atoms with van der Waals surface area (Å²) < 4.78 is 72.3. The Morgan fingerprint density at radius 2 is 1.53 bits per heavy atom. The number of nitrogens with zero attached hydrogens (tertiary/aromatic N) is 1. The van der Waals surface area contributed by atoms with E-state index in [0.717, 1.165) is 24.3 Å². The fourth-order valence-electron chi connectivity index (χ4n) is 4.45. The summed E-state index contributed by atoms with van der Waals surface area (Å²) in [5, 5.41) is 1.18. The first-order valence-electron chi connectivity index (χ1n) is 11.4. The molecular formula is C26H23Cl2F3N2O4S. The van der Waals surface area contributed by atoms with Gasteiger partial charge in [-0.15, -0.1) is 0 Å². The summed E-state index contributed by atoms with van der Waals surface area (Å²) in [6.45, 7) is 0.875. The SMILES string of the molecule is COC(=O)c1cc(NS(=O)(=O)CC2CN(C(c3ccc(Cl)cc3)c3ccc(Cl)cc3)C2)cc(C(F)(F)F)c1. The third-order valence-electron chi connectivity index (χ3n) is 6.13. The molecule has 3 aromatic rings. The van der Waals surface area contributed by atoms with Gasteiger partial charge in [0.15, 0.2) is 0 Å². The molecule has 1 aliphatic rings. The largest absolute Gasteiger partial charge is 0.465 e. The van der Waals surface area contributed by atoms with Crippen LogP contribution in [-0.4, -0.2) is 45.2 Å². The van der Waals surface area contributed by atoms with E-state index in [0.29, 0.717) is 35.3 Å². The molecule has 0 aromatic heterocycles. The number of alkyl halides is 3. The number of ether oxygens (including phenoxy) is 1. The first-order chi connectivity index (χ1) is 17.8. The van der Waals surface area contributed by atoms with Crippen molar-refractivity contribution in [3.05, 3.63) is 99.0 Å². The molecular weight excluding hydrogens is 564 g/mol. The van der Waals surface area contributed by atoms with Crippen LogP contribution in [0.5, 0.6) is 0 Å². The van der Waals surface area contributed by atoms with Crippen molar-refractivity contribution in [3.63, 3.8) is 0 Å². The summed E-state index contributed by atoms with van der Waals surface area (Å²) in [5.41, 5.74) is -0.00663. The number of anilines is 1. The lowest BCUT2D eigenvalue weighted by Crippen LogP contribution is -2.51. The first kappa shape index (κ1) is 28.2. The van der Waals surface area contributed by atoms with Crippen LogP contribution in [-0.2, 0) is 20.9 Å². The molecule has 0 aliphatic carbocycles. The maximum absolute atomic E-state index is 13.3. The number of hydrogen-bond donors (Lipinski definition) is 1. The van der Waals surface area contributed by atoms with Crippen LogP contribution in [0.2, 0.25) is 10.0 Å². The summed E-state index contributed by atoms with van der Waals surface area (Å²) >= 11 is 12.1. The molecule has 0 atom stereocenters. The quantitative estimate of drug-likeness (QED) is 0.315. The van der Waals surface area contributed by atoms with E-state index in [-0.39, 0.29) is 23.4 Å². The second-order valence-electron chi connectivity index (χ2n) is 9.00. The van der Waals surface area contributed by atoms with Crippen LogP contribution >= 0.6 is 23.2 Å². The van der Waals surface area contributed by atoms with Crippen molar-refractivity contribution < 1.29 is 31.1 Å². The van der Waals surface area contributed by atoms with Crippen LogP contribution in [0.4, 0.5) is 18.9 Å². The van der Waals surface area contributed by atoms with Gasteiger partial charge in [0.05, 0.1) is 30.0 Å². The molecule has 202 valence electrons. The summed E-state index contributed by atoms with van der Waals surface area (Å²) in [6, 6.07) is 16.8. The fraction of sp³-hybridized carbons (Fsp3) is 0.269. The number of hydrogen-bond acceptors (Lipinski definition) is 5. The highest BCUT2D eigenvalue weighted by atomic mass is 35.5. The molecule has 0 radical (unpaired) electrons. The number of sulfonamides is 1. The minimum absolute atomic E-state index is 0.164. The van der Waals surface area contributed by atoms with Crippen LogP contribution in [0.1, 0.15) is 33.1 Å². The zero-order valence-electron chi connectivity index (χ0n) is 20.0. The first-order valence-corrected chi connectivity index (χ1v) is 13.8. The standard InChI is InChI=1S/C26H23Cl2F3N2O4S/c1-37-25(34)19-10-20(26(29,30)31)12-23(11-19)32-38(35,36)15-16-13-33(14-16)24(17-2-6-21(27)7-3-17)18-4-8-22(28)9-5-18/h2-12,16,24,32H,13-15H2,1H3. The molecule has 1 N–H and O–H groups in total. The van der Waals surface area contributed by atoms with Crippen LogP contribution in [0.3, 0.4) is 0 Å². The van der Waals surface area contributed by atoms with E-state index in [1.807, 2.05) is 24.3 Å². The van der Waals surface area contributed by atoms with E-state index in [2.05, 4.69) is 14.4 Å². The summed E-state index contributed by atoms with van der Waals surface area (Å²) in [6.07, 6.45) is -4.78. The number of carbonyl (C=O) groups excluding carboxylic acids is 1. The highest BCUT2D eigenvalue weighted by Crippen LogP contribution is 2.36. The van der Waals surface area contributed by atoms with E-state index in [1.165, 1.54) is 0 Å². The molecule has 38 heavy (non-hydrogen) atoms. The Hall–Kier alpha value is -2.79. The van der Waals surface area contributed by atoms with Gasteiger partial charge in [0.2, 0.25) is 10.0 Å². The molecule has 3 aromatic carbocycles. The van der Waals surface area contributed by atoms with Crippen molar-refractivity contribution in [2.24, 2.45) is 5.92 Å². The Balaban J connectivity index is 1.49. The average Bonchev–Trinajstić information content (AvgIpc) is 2.83. The Labute approximate surface area is 228 Å². The van der Waals surface area contributed by atoms with Crippen molar-refractivity contribution in [1.82, 2.24) is 4.90 Å². The van der Waals surface area contributed by atoms with Gasteiger partial charge in [-0.25, -0.2) is 13.2 Å². The van der Waals surface area contributed by atoms with Crippen molar-refractivity contribution in [1.29, 1.82) is 0 Å². The maximum Gasteiger partial charge on any atom is 0.416 e. The number of esters is 1. The minimum atomic E-state index is -4.78. The van der Waals surface area contributed by atoms with Crippen LogP contribution in [0.25, 0.3) is 0 Å². The lowest BCUT2D eigenvalue weighted by molar-refractivity contribution is -0.137. The van der Waals surface area contributed by atoms with Gasteiger partial charge in [-0.2, -0.15) is 13.2 Å². The molecule has 0 bridgehead atoms. The highest BCUT2D eigenvalue weighted by molar-refractivity contribution is 7.92. The lowest BCUT2D eigenvalue weighted by Gasteiger charge is -2.44. The van der Waals surface area contributed by atoms with Crippen LogP contribution in [0.15, 0.2) is 66.7 Å². The lowest BCUT2D eigenvalue weighted by atomic mass is 9.91. The van der Waals surface area contributed by atoms with E-state index < -0.39 is 33.3 Å². The molecule has 1 fully saturated rings. The normalized spacial score (nSPS) is 14.8. The topological polar surface area (TPSA) is 75.7 Å².